The van der Waals surface area contributed by atoms with E-state index in [-0.39, 0.29) is 11.3 Å². The fourth-order valence-electron chi connectivity index (χ4n) is 1.54. The van der Waals surface area contributed by atoms with Crippen LogP contribution in [0.15, 0.2) is 29.8 Å². The van der Waals surface area contributed by atoms with Gasteiger partial charge in [-0.15, -0.1) is 0 Å². The van der Waals surface area contributed by atoms with Crippen LogP contribution in [-0.2, 0) is 0 Å². The first-order valence-electron chi connectivity index (χ1n) is 5.69. The lowest BCUT2D eigenvalue weighted by Gasteiger charge is -2.04. The number of benzene rings is 1. The van der Waals surface area contributed by atoms with Crippen LogP contribution in [0.4, 0.5) is 4.39 Å². The van der Waals surface area contributed by atoms with E-state index in [9.17, 15) is 9.18 Å². The Morgan fingerprint density at radius 3 is 2.47 bits per heavy atom. The molecule has 0 aromatic heterocycles. The summed E-state index contributed by atoms with van der Waals surface area (Å²) in [5.74, 6) is -0.421. The highest BCUT2D eigenvalue weighted by Gasteiger charge is 2.10. The van der Waals surface area contributed by atoms with E-state index in [1.54, 1.807) is 6.07 Å². The van der Waals surface area contributed by atoms with Gasteiger partial charge in [0, 0.05) is 6.07 Å². The molecule has 0 saturated heterocycles. The molecule has 0 amide bonds. The Hall–Kier alpha value is -1.64. The smallest absolute Gasteiger partial charge is 0.188 e. The minimum Gasteiger partial charge on any atom is -0.497 e. The summed E-state index contributed by atoms with van der Waals surface area (Å²) < 4.78 is 18.5. The summed E-state index contributed by atoms with van der Waals surface area (Å²) in [6.45, 7) is 3.96. The molecular weight excluding hydrogens is 219 g/mol. The van der Waals surface area contributed by atoms with Gasteiger partial charge in [-0.05, 0) is 31.1 Å². The van der Waals surface area contributed by atoms with Gasteiger partial charge < -0.3 is 4.74 Å². The third kappa shape index (κ3) is 3.41. The first-order valence-corrected chi connectivity index (χ1v) is 5.69. The van der Waals surface area contributed by atoms with Crippen LogP contribution < -0.4 is 4.74 Å². The summed E-state index contributed by atoms with van der Waals surface area (Å²) in [4.78, 5) is 11.8. The standard InChI is InChI=1S/C14H17FO2/c1-4-10(5-2)8-14(16)12-7-6-11(17-3)9-13(12)15/h6-9H,4-5H2,1-3H3. The van der Waals surface area contributed by atoms with Crippen LogP contribution in [0, 0.1) is 5.82 Å². The zero-order valence-electron chi connectivity index (χ0n) is 10.4. The van der Waals surface area contributed by atoms with Crippen molar-refractivity contribution in [3.63, 3.8) is 0 Å². The molecule has 0 N–H and O–H groups in total. The topological polar surface area (TPSA) is 26.3 Å². The Bertz CT molecular complexity index is 430. The molecular formula is C14H17FO2. The molecule has 1 aromatic carbocycles. The van der Waals surface area contributed by atoms with Gasteiger partial charge in [-0.1, -0.05) is 19.4 Å². The van der Waals surface area contributed by atoms with Gasteiger partial charge in [-0.25, -0.2) is 4.39 Å². The number of hydrogen-bond donors (Lipinski definition) is 0. The molecule has 0 fully saturated rings. The zero-order chi connectivity index (χ0) is 12.8. The number of halogens is 1. The van der Waals surface area contributed by atoms with Crippen molar-refractivity contribution in [3.05, 3.63) is 41.2 Å². The Labute approximate surface area is 101 Å². The number of hydrogen-bond acceptors (Lipinski definition) is 2. The average molecular weight is 236 g/mol. The number of carbonyl (C=O) groups is 1. The summed E-state index contributed by atoms with van der Waals surface area (Å²) in [6.07, 6.45) is 3.13. The summed E-state index contributed by atoms with van der Waals surface area (Å²) in [5, 5.41) is 0. The van der Waals surface area contributed by atoms with Gasteiger partial charge in [0.05, 0.1) is 12.7 Å². The fourth-order valence-corrected chi connectivity index (χ4v) is 1.54. The van der Waals surface area contributed by atoms with Gasteiger partial charge in [-0.3, -0.25) is 4.79 Å². The Kier molecular flexibility index (Phi) is 4.88. The minimum absolute atomic E-state index is 0.0881. The lowest BCUT2D eigenvalue weighted by Crippen LogP contribution is -2.00. The molecule has 92 valence electrons. The van der Waals surface area contributed by atoms with Crippen LogP contribution in [-0.4, -0.2) is 12.9 Å². The summed E-state index contributed by atoms with van der Waals surface area (Å²) in [5.41, 5.74) is 1.11. The molecule has 0 bridgehead atoms. The lowest BCUT2D eigenvalue weighted by molar-refractivity contribution is 0.104. The molecule has 0 radical (unpaired) electrons. The van der Waals surface area contributed by atoms with Crippen LogP contribution in [0.25, 0.3) is 0 Å². The van der Waals surface area contributed by atoms with E-state index in [0.717, 1.165) is 18.4 Å². The quantitative estimate of drug-likeness (QED) is 0.574. The first-order chi connectivity index (χ1) is 8.12. The molecule has 0 unspecified atom stereocenters. The first kappa shape index (κ1) is 13.4. The highest BCUT2D eigenvalue weighted by atomic mass is 19.1. The number of ketones is 1. The van der Waals surface area contributed by atoms with Crippen molar-refractivity contribution in [2.75, 3.05) is 7.11 Å². The highest BCUT2D eigenvalue weighted by molar-refractivity contribution is 6.05. The normalized spacial score (nSPS) is 9.88. The number of carbonyl (C=O) groups excluding carboxylic acids is 1. The Morgan fingerprint density at radius 2 is 2.00 bits per heavy atom. The van der Waals surface area contributed by atoms with E-state index < -0.39 is 5.82 Å². The van der Waals surface area contributed by atoms with Gasteiger partial charge in [0.15, 0.2) is 5.78 Å². The van der Waals surface area contributed by atoms with E-state index in [2.05, 4.69) is 0 Å². The number of methoxy groups -OCH3 is 1. The van der Waals surface area contributed by atoms with Crippen molar-refractivity contribution < 1.29 is 13.9 Å². The molecule has 2 nitrogen and oxygen atoms in total. The van der Waals surface area contributed by atoms with E-state index >= 15 is 0 Å². The predicted octanol–water partition coefficient (Wildman–Crippen LogP) is 3.76. The average Bonchev–Trinajstić information content (AvgIpc) is 2.35. The third-order valence-corrected chi connectivity index (χ3v) is 2.69. The van der Waals surface area contributed by atoms with Crippen LogP contribution in [0.3, 0.4) is 0 Å². The van der Waals surface area contributed by atoms with Gasteiger partial charge in [0.25, 0.3) is 0 Å². The molecule has 17 heavy (non-hydrogen) atoms. The minimum atomic E-state index is -0.544. The van der Waals surface area contributed by atoms with Crippen LogP contribution in [0.2, 0.25) is 0 Å². The second kappa shape index (κ2) is 6.18. The van der Waals surface area contributed by atoms with Crippen molar-refractivity contribution in [2.45, 2.75) is 26.7 Å². The third-order valence-electron chi connectivity index (χ3n) is 2.69. The fraction of sp³-hybridized carbons (Fsp3) is 0.357. The van der Waals surface area contributed by atoms with Crippen LogP contribution in [0.5, 0.6) is 5.75 Å². The van der Waals surface area contributed by atoms with Crippen molar-refractivity contribution in [1.29, 1.82) is 0 Å². The summed E-state index contributed by atoms with van der Waals surface area (Å²) >= 11 is 0. The van der Waals surface area contributed by atoms with E-state index in [0.29, 0.717) is 5.75 Å². The van der Waals surface area contributed by atoms with E-state index in [4.69, 9.17) is 4.74 Å². The highest BCUT2D eigenvalue weighted by Crippen LogP contribution is 2.18. The maximum absolute atomic E-state index is 13.6. The second-order valence-electron chi connectivity index (χ2n) is 3.72. The molecule has 0 heterocycles. The van der Waals surface area contributed by atoms with Crippen molar-refractivity contribution in [3.8, 4) is 5.75 Å². The van der Waals surface area contributed by atoms with Gasteiger partial charge >= 0.3 is 0 Å². The molecule has 0 atom stereocenters. The number of allylic oxidation sites excluding steroid dienone is 2. The lowest BCUT2D eigenvalue weighted by atomic mass is 10.0. The van der Waals surface area contributed by atoms with Gasteiger partial charge in [-0.2, -0.15) is 0 Å². The van der Waals surface area contributed by atoms with Crippen molar-refractivity contribution in [2.24, 2.45) is 0 Å². The van der Waals surface area contributed by atoms with Gasteiger partial charge in [0.1, 0.15) is 11.6 Å². The molecule has 0 saturated carbocycles. The molecule has 3 heteroatoms. The predicted molar refractivity (Wildman–Crippen MR) is 65.9 cm³/mol. The maximum atomic E-state index is 13.6. The molecule has 0 aliphatic carbocycles. The second-order valence-corrected chi connectivity index (χ2v) is 3.72. The molecule has 1 aromatic rings. The van der Waals surface area contributed by atoms with Crippen LogP contribution in [0.1, 0.15) is 37.0 Å². The number of ether oxygens (including phenoxy) is 1. The Morgan fingerprint density at radius 1 is 1.35 bits per heavy atom. The molecule has 0 aliphatic heterocycles. The number of rotatable bonds is 5. The molecule has 0 aliphatic rings. The SMILES string of the molecule is CCC(=CC(=O)c1ccc(OC)cc1F)CC. The monoisotopic (exact) mass is 236 g/mol. The summed E-state index contributed by atoms with van der Waals surface area (Å²) in [7, 11) is 1.46. The van der Waals surface area contributed by atoms with Gasteiger partial charge in [0.2, 0.25) is 0 Å². The summed E-state index contributed by atoms with van der Waals surface area (Å²) in [6, 6.07) is 4.26. The zero-order valence-corrected chi connectivity index (χ0v) is 10.4. The molecule has 0 spiro atoms. The maximum Gasteiger partial charge on any atom is 0.188 e. The Balaban J connectivity index is 3.01. The van der Waals surface area contributed by atoms with Crippen molar-refractivity contribution >= 4 is 5.78 Å². The molecule has 1 rings (SSSR count). The van der Waals surface area contributed by atoms with Crippen molar-refractivity contribution in [1.82, 2.24) is 0 Å². The van der Waals surface area contributed by atoms with E-state index in [1.807, 2.05) is 13.8 Å². The van der Waals surface area contributed by atoms with E-state index in [1.165, 1.54) is 25.3 Å². The van der Waals surface area contributed by atoms with Crippen LogP contribution >= 0.6 is 0 Å². The largest absolute Gasteiger partial charge is 0.497 e.